The predicted octanol–water partition coefficient (Wildman–Crippen LogP) is 3.98. The Labute approximate surface area is 180 Å². The zero-order chi connectivity index (χ0) is 21.3. The molecule has 0 atom stereocenters. The van der Waals surface area contributed by atoms with Crippen molar-refractivity contribution in [1.29, 1.82) is 0 Å². The number of benzene rings is 2. The molecular weight excluding hydrogens is 398 g/mol. The van der Waals surface area contributed by atoms with Gasteiger partial charge in [-0.15, -0.1) is 0 Å². The van der Waals surface area contributed by atoms with Crippen molar-refractivity contribution in [2.45, 2.75) is 13.5 Å². The number of carbonyl (C=O) groups is 2. The first-order chi connectivity index (χ1) is 14.6. The van der Waals surface area contributed by atoms with Crippen molar-refractivity contribution in [3.63, 3.8) is 0 Å². The third-order valence-corrected chi connectivity index (χ3v) is 4.58. The van der Waals surface area contributed by atoms with Gasteiger partial charge in [0.2, 0.25) is 0 Å². The van der Waals surface area contributed by atoms with E-state index in [0.717, 1.165) is 11.3 Å². The first-order valence-corrected chi connectivity index (χ1v) is 9.83. The second-order valence-corrected chi connectivity index (χ2v) is 6.73. The number of amides is 1. The molecule has 1 aromatic heterocycles. The molecule has 3 aromatic rings. The van der Waals surface area contributed by atoms with Gasteiger partial charge < -0.3 is 9.64 Å². The van der Waals surface area contributed by atoms with Crippen LogP contribution in [0.15, 0.2) is 79.1 Å². The predicted molar refractivity (Wildman–Crippen MR) is 119 cm³/mol. The van der Waals surface area contributed by atoms with Crippen LogP contribution < -0.4 is 10.2 Å². The lowest BCUT2D eigenvalue weighted by Gasteiger charge is -2.25. The number of hydrogen-bond acceptors (Lipinski definition) is 5. The van der Waals surface area contributed by atoms with Crippen LogP contribution >= 0.6 is 12.2 Å². The molecule has 0 saturated heterocycles. The van der Waals surface area contributed by atoms with Crippen molar-refractivity contribution in [1.82, 2.24) is 10.3 Å². The average Bonchev–Trinajstić information content (AvgIpc) is 2.79. The Morgan fingerprint density at radius 3 is 2.37 bits per heavy atom. The third kappa shape index (κ3) is 5.48. The van der Waals surface area contributed by atoms with Crippen LogP contribution in [0.3, 0.4) is 0 Å². The van der Waals surface area contributed by atoms with Crippen LogP contribution in [0.25, 0.3) is 0 Å². The largest absolute Gasteiger partial charge is 0.462 e. The van der Waals surface area contributed by atoms with Crippen molar-refractivity contribution < 1.29 is 14.3 Å². The highest BCUT2D eigenvalue weighted by Gasteiger charge is 2.17. The van der Waals surface area contributed by atoms with Gasteiger partial charge in [-0.05, 0) is 67.2 Å². The summed E-state index contributed by atoms with van der Waals surface area (Å²) in [4.78, 5) is 30.4. The minimum absolute atomic E-state index is 0.247. The topological polar surface area (TPSA) is 71.5 Å². The first kappa shape index (κ1) is 21.1. The number of aromatic nitrogens is 1. The smallest absolute Gasteiger partial charge is 0.338 e. The number of nitrogens with zero attached hydrogens (tertiary/aromatic N) is 2. The molecule has 0 radical (unpaired) electrons. The van der Waals surface area contributed by atoms with Gasteiger partial charge in [0.25, 0.3) is 5.91 Å². The van der Waals surface area contributed by atoms with E-state index in [4.69, 9.17) is 17.0 Å². The van der Waals surface area contributed by atoms with Crippen molar-refractivity contribution in [3.05, 3.63) is 95.8 Å². The molecule has 0 spiro atoms. The van der Waals surface area contributed by atoms with Crippen molar-refractivity contribution in [3.8, 4) is 0 Å². The zero-order valence-electron chi connectivity index (χ0n) is 16.4. The van der Waals surface area contributed by atoms with Gasteiger partial charge in [-0.3, -0.25) is 15.1 Å². The van der Waals surface area contributed by atoms with E-state index in [9.17, 15) is 9.59 Å². The molecule has 0 aliphatic heterocycles. The normalized spacial score (nSPS) is 10.2. The molecule has 0 aliphatic carbocycles. The Bertz CT molecular complexity index is 1010. The maximum Gasteiger partial charge on any atom is 0.338 e. The zero-order valence-corrected chi connectivity index (χ0v) is 17.3. The molecule has 1 heterocycles. The molecule has 30 heavy (non-hydrogen) atoms. The molecule has 1 N–H and O–H groups in total. The molecule has 2 aromatic carbocycles. The number of hydrogen-bond donors (Lipinski definition) is 1. The first-order valence-electron chi connectivity index (χ1n) is 9.42. The van der Waals surface area contributed by atoms with E-state index in [1.54, 1.807) is 72.7 Å². The highest BCUT2D eigenvalue weighted by atomic mass is 32.1. The number of ether oxygens (including phenoxy) is 1. The molecule has 6 nitrogen and oxygen atoms in total. The fraction of sp³-hybridized carbons (Fsp3) is 0.130. The number of nitrogens with one attached hydrogen (secondary N) is 1. The van der Waals surface area contributed by atoms with Crippen LogP contribution in [-0.4, -0.2) is 28.6 Å². The van der Waals surface area contributed by atoms with E-state index in [-0.39, 0.29) is 17.0 Å². The number of thiocarbonyl (C=S) groups is 1. The van der Waals surface area contributed by atoms with Gasteiger partial charge in [0.1, 0.15) is 0 Å². The molecule has 0 fully saturated rings. The van der Waals surface area contributed by atoms with E-state index in [1.807, 2.05) is 18.2 Å². The Morgan fingerprint density at radius 1 is 1.00 bits per heavy atom. The lowest BCUT2D eigenvalue weighted by molar-refractivity contribution is 0.0526. The fourth-order valence-electron chi connectivity index (χ4n) is 2.77. The highest BCUT2D eigenvalue weighted by molar-refractivity contribution is 7.80. The summed E-state index contributed by atoms with van der Waals surface area (Å²) in [7, 11) is 0. The van der Waals surface area contributed by atoms with Crippen LogP contribution in [0.1, 0.15) is 33.2 Å². The minimum Gasteiger partial charge on any atom is -0.462 e. The molecule has 3 rings (SSSR count). The van der Waals surface area contributed by atoms with E-state index in [2.05, 4.69) is 10.3 Å². The summed E-state index contributed by atoms with van der Waals surface area (Å²) in [5.41, 5.74) is 2.61. The second kappa shape index (κ2) is 10.3. The van der Waals surface area contributed by atoms with E-state index in [1.165, 1.54) is 0 Å². The standard InChI is InChI=1S/C23H21N3O3S/c1-2-29-22(28)19-10-12-20(13-11-19)26(16-17-7-6-14-24-15-17)23(30)25-21(27)18-8-4-3-5-9-18/h3-15H,2,16H2,1H3,(H,25,27,30). The molecule has 0 aliphatic rings. The maximum atomic E-state index is 12.6. The van der Waals surface area contributed by atoms with Gasteiger partial charge in [-0.25, -0.2) is 4.79 Å². The summed E-state index contributed by atoms with van der Waals surface area (Å²) in [6.07, 6.45) is 3.43. The molecule has 0 bridgehead atoms. The van der Waals surface area contributed by atoms with Gasteiger partial charge in [-0.2, -0.15) is 0 Å². The monoisotopic (exact) mass is 419 g/mol. The van der Waals surface area contributed by atoms with Gasteiger partial charge in [-0.1, -0.05) is 24.3 Å². The number of pyridine rings is 1. The Kier molecular flexibility index (Phi) is 7.24. The van der Waals surface area contributed by atoms with Crippen LogP contribution in [0.5, 0.6) is 0 Å². The molecule has 0 unspecified atom stereocenters. The SMILES string of the molecule is CCOC(=O)c1ccc(N(Cc2cccnc2)C(=S)NC(=O)c2ccccc2)cc1. The number of anilines is 1. The summed E-state index contributed by atoms with van der Waals surface area (Å²) in [6, 6.07) is 19.5. The van der Waals surface area contributed by atoms with Crippen LogP contribution in [0.4, 0.5) is 5.69 Å². The van der Waals surface area contributed by atoms with Crippen molar-refractivity contribution in [2.24, 2.45) is 0 Å². The van der Waals surface area contributed by atoms with Crippen LogP contribution in [0, 0.1) is 0 Å². The fourth-order valence-corrected chi connectivity index (χ4v) is 3.04. The number of carbonyl (C=O) groups excluding carboxylic acids is 2. The Balaban J connectivity index is 1.83. The molecule has 152 valence electrons. The molecular formula is C23H21N3O3S. The summed E-state index contributed by atoms with van der Waals surface area (Å²) >= 11 is 5.54. The van der Waals surface area contributed by atoms with Gasteiger partial charge in [0, 0.05) is 23.6 Å². The highest BCUT2D eigenvalue weighted by Crippen LogP contribution is 2.19. The van der Waals surface area contributed by atoms with Gasteiger partial charge in [0.15, 0.2) is 5.11 Å². The van der Waals surface area contributed by atoms with Gasteiger partial charge in [0.05, 0.1) is 18.7 Å². The number of rotatable bonds is 6. The molecule has 7 heteroatoms. The van der Waals surface area contributed by atoms with Crippen molar-refractivity contribution in [2.75, 3.05) is 11.5 Å². The Hall–Kier alpha value is -3.58. The lowest BCUT2D eigenvalue weighted by Crippen LogP contribution is -2.42. The van der Waals surface area contributed by atoms with E-state index >= 15 is 0 Å². The average molecular weight is 420 g/mol. The molecule has 1 amide bonds. The van der Waals surface area contributed by atoms with E-state index < -0.39 is 0 Å². The summed E-state index contributed by atoms with van der Waals surface area (Å²) in [5.74, 6) is -0.678. The maximum absolute atomic E-state index is 12.6. The van der Waals surface area contributed by atoms with E-state index in [0.29, 0.717) is 24.3 Å². The summed E-state index contributed by atoms with van der Waals surface area (Å²) in [6.45, 7) is 2.47. The second-order valence-electron chi connectivity index (χ2n) is 6.34. The summed E-state index contributed by atoms with van der Waals surface area (Å²) < 4.78 is 5.03. The molecule has 0 saturated carbocycles. The van der Waals surface area contributed by atoms with Gasteiger partial charge >= 0.3 is 5.97 Å². The van der Waals surface area contributed by atoms with Crippen LogP contribution in [0.2, 0.25) is 0 Å². The Morgan fingerprint density at radius 2 is 1.73 bits per heavy atom. The minimum atomic E-state index is -0.386. The quantitative estimate of drug-likeness (QED) is 0.481. The summed E-state index contributed by atoms with van der Waals surface area (Å²) in [5, 5.41) is 3.03. The van der Waals surface area contributed by atoms with Crippen molar-refractivity contribution >= 4 is 34.9 Å². The third-order valence-electron chi connectivity index (χ3n) is 4.26. The lowest BCUT2D eigenvalue weighted by atomic mass is 10.2. The van der Waals surface area contributed by atoms with Crippen LogP contribution in [-0.2, 0) is 11.3 Å². The number of esters is 1.